The topological polar surface area (TPSA) is 237 Å². The summed E-state index contributed by atoms with van der Waals surface area (Å²) in [6.07, 6.45) is 10.4. The number of hydrogen-bond donors (Lipinski definition) is 5. The van der Waals surface area contributed by atoms with Crippen LogP contribution >= 0.6 is 104 Å². The van der Waals surface area contributed by atoms with Crippen molar-refractivity contribution in [1.82, 2.24) is 30.7 Å². The number of rotatable bonds is 36. The van der Waals surface area contributed by atoms with E-state index in [-0.39, 0.29) is 55.1 Å². The number of para-hydroxylation sites is 2. The zero-order chi connectivity index (χ0) is 97.0. The van der Waals surface area contributed by atoms with Crippen LogP contribution in [0.1, 0.15) is 65.6 Å². The van der Waals surface area contributed by atoms with E-state index in [4.69, 9.17) is 133 Å². The minimum atomic E-state index is -2.16. The highest BCUT2D eigenvalue weighted by molar-refractivity contribution is 6.77. The second-order valence-electron chi connectivity index (χ2n) is 34.2. The Morgan fingerprint density at radius 1 is 0.350 bits per heavy atom. The standard InChI is InChI=1S/2C34H36Cl3FN4O4.C34H35Cl3FN3O4/c2*35-34(36,37)31(43)40-33(21-25-10-12-27(38)13-11-25)22-26(23-33)24-42(32(44)39-28-6-2-1-3-7-28)29-8-4-9-30(20-29)46-17-5-14-41-15-18-45-19-16-41;35-34(36,37)32(43)39-33(21-25-10-12-28(38)13-11-25)22-26(23-33)24-41(31(42)27-6-2-1-3-7-27)29-8-4-9-30(20-29)45-17-5-14-40-15-18-44-19-16-40/h2*1-4,6-13,20,22H,5,14-19,21,23-24H2,(H,39,44)(H,40,43);1-4,6-13,20,22H,5,14-19,21,23-24H2,(H,39,43). The Morgan fingerprint density at radius 3 is 0.905 bits per heavy atom. The average molecular weight is 2060 g/mol. The monoisotopic (exact) mass is 2050 g/mol. The molecule has 15 rings (SSSR count). The maximum absolute atomic E-state index is 13.8. The lowest BCUT2D eigenvalue weighted by Crippen LogP contribution is -2.57. The molecule has 3 atom stereocenters. The van der Waals surface area contributed by atoms with Gasteiger partial charge in [0.05, 0.1) is 76.1 Å². The van der Waals surface area contributed by atoms with Crippen LogP contribution in [0.15, 0.2) is 272 Å². The van der Waals surface area contributed by atoms with Gasteiger partial charge in [0.15, 0.2) is 0 Å². The molecule has 9 aromatic rings. The Morgan fingerprint density at radius 2 is 0.620 bits per heavy atom. The van der Waals surface area contributed by atoms with Gasteiger partial charge in [0.2, 0.25) is 0 Å². The molecule has 6 aliphatic rings. The van der Waals surface area contributed by atoms with Crippen molar-refractivity contribution in [3.05, 3.63) is 311 Å². The van der Waals surface area contributed by atoms with Gasteiger partial charge >= 0.3 is 12.1 Å². The van der Waals surface area contributed by atoms with Gasteiger partial charge in [-0.2, -0.15) is 0 Å². The quantitative estimate of drug-likeness (QED) is 0.0139. The molecule has 3 unspecified atom stereocenters. The molecule has 0 saturated carbocycles. The summed E-state index contributed by atoms with van der Waals surface area (Å²) in [5.74, 6) is -1.60. The number of urea groups is 2. The first kappa shape index (κ1) is 105. The SMILES string of the molecule is O=C(Nc1ccccc1)N(CC1=CC(Cc2ccc(F)cc2)(NC(=O)C(Cl)(Cl)Cl)C1)c1cccc(OCCCN2CCOCC2)c1.O=C(Nc1ccccc1)N(CC1=CC(Cc2ccc(F)cc2)(NC(=O)C(Cl)(Cl)Cl)C1)c1cccc(OCCCN2CCOCC2)c1.O=C(c1ccccc1)N(CC1=CC(Cc2ccc(F)cc2)(NC(=O)C(Cl)(Cl)Cl)C1)c1cccc(OCCCN2CCOCC2)c1. The molecular weight excluding hydrogens is 1950 g/mol. The maximum Gasteiger partial charge on any atom is 0.326 e. The number of alkyl halides is 9. The van der Waals surface area contributed by atoms with Gasteiger partial charge in [-0.1, -0.05) is 232 Å². The molecule has 3 aliphatic carbocycles. The zero-order valence-corrected chi connectivity index (χ0v) is 81.9. The number of anilines is 5. The predicted molar refractivity (Wildman–Crippen MR) is 537 cm³/mol. The molecular formula is C102H107Cl9F3N11O12. The number of ether oxygens (including phenoxy) is 6. The summed E-state index contributed by atoms with van der Waals surface area (Å²) in [4.78, 5) is 91.4. The fraction of sp³-hybridized carbons (Fsp3) is 0.353. The van der Waals surface area contributed by atoms with Crippen LogP contribution in [0.25, 0.3) is 0 Å². The van der Waals surface area contributed by atoms with E-state index in [1.54, 1.807) is 63.2 Å². The van der Waals surface area contributed by atoms with E-state index in [2.05, 4.69) is 41.3 Å². The lowest BCUT2D eigenvalue weighted by Gasteiger charge is -2.43. The van der Waals surface area contributed by atoms with Crippen LogP contribution in [0.3, 0.4) is 0 Å². The highest BCUT2D eigenvalue weighted by atomic mass is 35.6. The van der Waals surface area contributed by atoms with Crippen LogP contribution in [0.4, 0.5) is 51.2 Å². The van der Waals surface area contributed by atoms with Crippen LogP contribution in [-0.4, -0.2) is 216 Å². The number of hydrogen-bond acceptors (Lipinski definition) is 15. The molecule has 35 heteroatoms. The van der Waals surface area contributed by atoms with E-state index in [0.717, 1.165) is 151 Å². The Balaban J connectivity index is 0.000000174. The highest BCUT2D eigenvalue weighted by Crippen LogP contribution is 2.43. The number of halogens is 12. The van der Waals surface area contributed by atoms with Crippen LogP contribution in [-0.2, 0) is 47.9 Å². The van der Waals surface area contributed by atoms with E-state index >= 15 is 0 Å². The molecule has 0 aromatic heterocycles. The van der Waals surface area contributed by atoms with E-state index in [1.165, 1.54) is 36.4 Å². The van der Waals surface area contributed by atoms with Crippen molar-refractivity contribution >= 4 is 169 Å². The van der Waals surface area contributed by atoms with Gasteiger partial charge < -0.3 is 59.9 Å². The average Bonchev–Trinajstić information content (AvgIpc) is 0.770. The van der Waals surface area contributed by atoms with Crippen molar-refractivity contribution in [3.8, 4) is 17.2 Å². The van der Waals surface area contributed by atoms with E-state index in [1.807, 2.05) is 170 Å². The van der Waals surface area contributed by atoms with Gasteiger partial charge in [0.25, 0.3) is 35.0 Å². The minimum absolute atomic E-state index is 0.178. The van der Waals surface area contributed by atoms with E-state index in [9.17, 15) is 41.9 Å². The second kappa shape index (κ2) is 49.8. The Hall–Kier alpha value is -9.82. The molecule has 726 valence electrons. The third kappa shape index (κ3) is 32.4. The summed E-state index contributed by atoms with van der Waals surface area (Å²) in [6.45, 7) is 15.3. The number of nitrogens with one attached hydrogen (secondary N) is 5. The van der Waals surface area contributed by atoms with Crippen LogP contribution < -0.4 is 55.5 Å². The molecule has 9 aromatic carbocycles. The third-order valence-corrected chi connectivity index (χ3v) is 25.0. The lowest BCUT2D eigenvalue weighted by atomic mass is 9.74. The van der Waals surface area contributed by atoms with Gasteiger partial charge in [0, 0.05) is 131 Å². The number of amides is 8. The van der Waals surface area contributed by atoms with Gasteiger partial charge in [0.1, 0.15) is 34.7 Å². The number of carbonyl (C=O) groups is 6. The predicted octanol–water partition coefficient (Wildman–Crippen LogP) is 19.9. The summed E-state index contributed by atoms with van der Waals surface area (Å²) in [5, 5.41) is 14.5. The Bertz CT molecular complexity index is 5380. The normalized spacial score (nSPS) is 18.3. The van der Waals surface area contributed by atoms with E-state index < -0.39 is 45.7 Å². The maximum atomic E-state index is 13.8. The molecule has 23 nitrogen and oxygen atoms in total. The largest absolute Gasteiger partial charge is 0.493 e. The van der Waals surface area contributed by atoms with Crippen molar-refractivity contribution in [1.29, 1.82) is 0 Å². The first-order chi connectivity index (χ1) is 65.8. The summed E-state index contributed by atoms with van der Waals surface area (Å²) >= 11 is 52.9. The fourth-order valence-corrected chi connectivity index (χ4v) is 17.3. The summed E-state index contributed by atoms with van der Waals surface area (Å²) in [6, 6.07) is 67.1. The summed E-state index contributed by atoms with van der Waals surface area (Å²) < 4.78 is 68.7. The number of morpholine rings is 3. The second-order valence-corrected chi connectivity index (χ2v) is 41.0. The smallest absolute Gasteiger partial charge is 0.326 e. The number of nitrogens with zero attached hydrogens (tertiary/aromatic N) is 6. The summed E-state index contributed by atoms with van der Waals surface area (Å²) in [7, 11) is 0. The lowest BCUT2D eigenvalue weighted by molar-refractivity contribution is -0.122. The van der Waals surface area contributed by atoms with Gasteiger partial charge in [-0.3, -0.25) is 43.7 Å². The Labute approximate surface area is 840 Å². The molecule has 0 spiro atoms. The highest BCUT2D eigenvalue weighted by Gasteiger charge is 2.47. The van der Waals surface area contributed by atoms with Crippen LogP contribution in [0.5, 0.6) is 17.2 Å². The van der Waals surface area contributed by atoms with Gasteiger partial charge in [-0.15, -0.1) is 0 Å². The van der Waals surface area contributed by atoms with Crippen molar-refractivity contribution in [2.24, 2.45) is 0 Å². The van der Waals surface area contributed by atoms with Gasteiger partial charge in [-0.05, 0) is 200 Å². The molecule has 3 heterocycles. The van der Waals surface area contributed by atoms with Crippen LogP contribution in [0, 0.1) is 17.5 Å². The molecule has 0 bridgehead atoms. The Kier molecular flexibility index (Phi) is 38.0. The van der Waals surface area contributed by atoms with Crippen LogP contribution in [0.2, 0.25) is 0 Å². The molecule has 3 saturated heterocycles. The third-order valence-electron chi connectivity index (χ3n) is 23.5. The minimum Gasteiger partial charge on any atom is -0.493 e. The number of benzene rings is 9. The zero-order valence-electron chi connectivity index (χ0n) is 75.1. The van der Waals surface area contributed by atoms with Gasteiger partial charge in [-0.25, -0.2) is 22.8 Å². The number of carbonyl (C=O) groups excluding carboxylic acids is 6. The molecule has 8 amide bonds. The molecule has 3 aliphatic heterocycles. The molecule has 0 radical (unpaired) electrons. The van der Waals surface area contributed by atoms with Crippen molar-refractivity contribution in [2.45, 2.75) is 85.8 Å². The molecule has 137 heavy (non-hydrogen) atoms. The molecule has 3 fully saturated rings. The summed E-state index contributed by atoms with van der Waals surface area (Å²) in [5.41, 5.74) is 6.19. The van der Waals surface area contributed by atoms with Crippen molar-refractivity contribution in [2.75, 3.05) is 163 Å². The first-order valence-electron chi connectivity index (χ1n) is 45.0. The fourth-order valence-electron chi connectivity index (χ4n) is 16.9. The first-order valence-corrected chi connectivity index (χ1v) is 48.4. The van der Waals surface area contributed by atoms with Crippen molar-refractivity contribution in [3.63, 3.8) is 0 Å². The van der Waals surface area contributed by atoms with Crippen molar-refractivity contribution < 1.29 is 70.4 Å². The van der Waals surface area contributed by atoms with E-state index in [0.29, 0.717) is 110 Å². The molecule has 5 N–H and O–H groups in total.